The summed E-state index contributed by atoms with van der Waals surface area (Å²) in [5, 5.41) is 6.86. The number of fused-ring (bicyclic) bond motifs is 1. The Balaban J connectivity index is 1.79. The third-order valence-electron chi connectivity index (χ3n) is 3.44. The number of carbonyl (C=O) groups excluding carboxylic acids is 2. The molecule has 0 fully saturated rings. The van der Waals surface area contributed by atoms with Crippen molar-refractivity contribution < 1.29 is 9.59 Å². The Hall–Kier alpha value is -2.93. The van der Waals surface area contributed by atoms with E-state index in [4.69, 9.17) is 0 Å². The van der Waals surface area contributed by atoms with Crippen LogP contribution in [0.2, 0.25) is 0 Å². The highest BCUT2D eigenvalue weighted by Gasteiger charge is 2.06. The summed E-state index contributed by atoms with van der Waals surface area (Å²) < 4.78 is 3.04. The quantitative estimate of drug-likeness (QED) is 0.719. The van der Waals surface area contributed by atoms with E-state index in [1.165, 1.54) is 18.3 Å². The predicted molar refractivity (Wildman–Crippen MR) is 94.6 cm³/mol. The van der Waals surface area contributed by atoms with Gasteiger partial charge >= 0.3 is 0 Å². The van der Waals surface area contributed by atoms with Gasteiger partial charge in [-0.05, 0) is 36.4 Å². The third kappa shape index (κ3) is 3.36. The van der Waals surface area contributed by atoms with Crippen molar-refractivity contribution in [3.05, 3.63) is 58.9 Å². The average molecular weight is 340 g/mol. The number of aromatic nitrogens is 1. The normalized spacial score (nSPS) is 11.5. The minimum atomic E-state index is -0.304. The number of aryl methyl sites for hydroxylation is 1. The Morgan fingerprint density at radius 2 is 1.79 bits per heavy atom. The lowest BCUT2D eigenvalue weighted by atomic mass is 10.2. The van der Waals surface area contributed by atoms with Crippen molar-refractivity contribution in [3.8, 4) is 0 Å². The summed E-state index contributed by atoms with van der Waals surface area (Å²) in [5.74, 6) is -0.457. The molecule has 0 radical (unpaired) electrons. The summed E-state index contributed by atoms with van der Waals surface area (Å²) in [6.07, 6.45) is 0. The molecule has 2 aromatic carbocycles. The van der Waals surface area contributed by atoms with Crippen LogP contribution >= 0.6 is 11.3 Å². The molecule has 0 unspecified atom stereocenters. The molecule has 122 valence electrons. The molecule has 0 spiro atoms. The van der Waals surface area contributed by atoms with Gasteiger partial charge in [-0.15, -0.1) is 5.10 Å². The fraction of sp³-hybridized carbons (Fsp3) is 0.118. The summed E-state index contributed by atoms with van der Waals surface area (Å²) in [6, 6.07) is 14.6. The van der Waals surface area contributed by atoms with E-state index in [2.05, 4.69) is 15.8 Å². The maximum absolute atomic E-state index is 12.2. The number of hydrogen-bond acceptors (Lipinski definition) is 4. The number of nitrogens with one attached hydrogen (secondary N) is 2. The van der Waals surface area contributed by atoms with E-state index in [9.17, 15) is 9.59 Å². The topological polar surface area (TPSA) is 75.5 Å². The molecule has 2 amide bonds. The number of amides is 2. The first-order chi connectivity index (χ1) is 11.5. The van der Waals surface area contributed by atoms with Gasteiger partial charge < -0.3 is 9.88 Å². The van der Waals surface area contributed by atoms with Gasteiger partial charge in [0.05, 0.1) is 10.2 Å². The highest BCUT2D eigenvalue weighted by atomic mass is 32.1. The highest BCUT2D eigenvalue weighted by Crippen LogP contribution is 2.15. The summed E-state index contributed by atoms with van der Waals surface area (Å²) in [6.45, 7) is 1.44. The average Bonchev–Trinajstić information content (AvgIpc) is 2.89. The second-order valence-electron chi connectivity index (χ2n) is 5.22. The molecule has 3 rings (SSSR count). The number of para-hydroxylation sites is 1. The van der Waals surface area contributed by atoms with Gasteiger partial charge in [-0.25, -0.2) is 5.43 Å². The van der Waals surface area contributed by atoms with Crippen LogP contribution in [0.25, 0.3) is 10.2 Å². The molecule has 2 N–H and O–H groups in total. The number of hydrogen-bond donors (Lipinski definition) is 2. The summed E-state index contributed by atoms with van der Waals surface area (Å²) in [7, 11) is 1.91. The van der Waals surface area contributed by atoms with Crippen LogP contribution in [0, 0.1) is 0 Å². The first-order valence-corrected chi connectivity index (χ1v) is 8.12. The lowest BCUT2D eigenvalue weighted by molar-refractivity contribution is -0.114. The molecule has 0 bridgehead atoms. The van der Waals surface area contributed by atoms with Gasteiger partial charge in [-0.2, -0.15) is 0 Å². The van der Waals surface area contributed by atoms with Gasteiger partial charge in [-0.1, -0.05) is 23.5 Å². The largest absolute Gasteiger partial charge is 0.326 e. The summed E-state index contributed by atoms with van der Waals surface area (Å²) in [4.78, 5) is 23.9. The molecule has 0 atom stereocenters. The molecule has 0 aliphatic carbocycles. The molecule has 0 saturated heterocycles. The van der Waals surface area contributed by atoms with E-state index in [1.807, 2.05) is 35.9 Å². The maximum Gasteiger partial charge on any atom is 0.271 e. The van der Waals surface area contributed by atoms with Crippen LogP contribution in [0.15, 0.2) is 53.6 Å². The number of thiazole rings is 1. The van der Waals surface area contributed by atoms with Gasteiger partial charge in [0.2, 0.25) is 10.7 Å². The molecule has 3 aromatic rings. The Morgan fingerprint density at radius 1 is 1.08 bits per heavy atom. The standard InChI is InChI=1S/C17H16N4O2S/c1-11(22)18-13-9-7-12(8-10-13)16(23)19-20-17-21(2)14-5-3-4-6-15(14)24-17/h3-10H,1-2H3,(H,18,22)(H,19,23). The van der Waals surface area contributed by atoms with Crippen LogP contribution in [0.3, 0.4) is 0 Å². The number of benzene rings is 2. The van der Waals surface area contributed by atoms with E-state index in [1.54, 1.807) is 24.3 Å². The Morgan fingerprint density at radius 3 is 2.46 bits per heavy atom. The van der Waals surface area contributed by atoms with Crippen molar-refractivity contribution in [2.75, 3.05) is 5.32 Å². The van der Waals surface area contributed by atoms with Crippen LogP contribution < -0.4 is 15.5 Å². The van der Waals surface area contributed by atoms with Crippen molar-refractivity contribution in [2.24, 2.45) is 12.1 Å². The molecule has 1 aromatic heterocycles. The van der Waals surface area contributed by atoms with Crippen LogP contribution in [-0.4, -0.2) is 16.4 Å². The predicted octanol–water partition coefficient (Wildman–Crippen LogP) is 2.44. The molecular weight excluding hydrogens is 324 g/mol. The van der Waals surface area contributed by atoms with E-state index >= 15 is 0 Å². The number of rotatable bonds is 3. The summed E-state index contributed by atoms with van der Waals surface area (Å²) in [5.41, 5.74) is 4.74. The zero-order valence-corrected chi connectivity index (χ0v) is 14.1. The lowest BCUT2D eigenvalue weighted by Crippen LogP contribution is -2.23. The fourth-order valence-electron chi connectivity index (χ4n) is 2.26. The van der Waals surface area contributed by atoms with Crippen LogP contribution in [0.4, 0.5) is 5.69 Å². The van der Waals surface area contributed by atoms with Crippen molar-refractivity contribution >= 4 is 39.1 Å². The Bertz CT molecular complexity index is 970. The maximum atomic E-state index is 12.2. The van der Waals surface area contributed by atoms with Gasteiger partial charge in [0.15, 0.2) is 0 Å². The molecule has 1 heterocycles. The fourth-order valence-corrected chi connectivity index (χ4v) is 3.24. The van der Waals surface area contributed by atoms with Crippen molar-refractivity contribution in [2.45, 2.75) is 6.92 Å². The van der Waals surface area contributed by atoms with Crippen LogP contribution in [0.5, 0.6) is 0 Å². The SMILES string of the molecule is CC(=O)Nc1ccc(C(=O)NN=c2sc3ccccc3n2C)cc1. The van der Waals surface area contributed by atoms with Crippen LogP contribution in [-0.2, 0) is 11.8 Å². The zero-order chi connectivity index (χ0) is 17.1. The lowest BCUT2D eigenvalue weighted by Gasteiger charge is -2.03. The first kappa shape index (κ1) is 15.9. The first-order valence-electron chi connectivity index (χ1n) is 7.31. The molecule has 24 heavy (non-hydrogen) atoms. The second-order valence-corrected chi connectivity index (χ2v) is 6.23. The molecular formula is C17H16N4O2S. The number of carbonyl (C=O) groups is 2. The van der Waals surface area contributed by atoms with E-state index in [0.717, 1.165) is 10.2 Å². The second kappa shape index (κ2) is 6.67. The Labute approximate surface area is 142 Å². The summed E-state index contributed by atoms with van der Waals surface area (Å²) >= 11 is 1.50. The van der Waals surface area contributed by atoms with Crippen molar-refractivity contribution in [1.82, 2.24) is 9.99 Å². The molecule has 0 saturated carbocycles. The highest BCUT2D eigenvalue weighted by molar-refractivity contribution is 7.16. The van der Waals surface area contributed by atoms with E-state index in [0.29, 0.717) is 16.1 Å². The zero-order valence-electron chi connectivity index (χ0n) is 13.2. The number of anilines is 1. The minimum absolute atomic E-state index is 0.153. The molecule has 0 aliphatic heterocycles. The minimum Gasteiger partial charge on any atom is -0.326 e. The van der Waals surface area contributed by atoms with E-state index in [-0.39, 0.29) is 11.8 Å². The molecule has 6 nitrogen and oxygen atoms in total. The number of nitrogens with zero attached hydrogens (tertiary/aromatic N) is 2. The third-order valence-corrected chi connectivity index (χ3v) is 4.55. The molecule has 7 heteroatoms. The van der Waals surface area contributed by atoms with Crippen molar-refractivity contribution in [3.63, 3.8) is 0 Å². The van der Waals surface area contributed by atoms with Gasteiger partial charge in [0, 0.05) is 25.2 Å². The Kier molecular flexibility index (Phi) is 4.43. The van der Waals surface area contributed by atoms with Gasteiger partial charge in [0.1, 0.15) is 0 Å². The van der Waals surface area contributed by atoms with Crippen molar-refractivity contribution in [1.29, 1.82) is 0 Å². The van der Waals surface area contributed by atoms with E-state index < -0.39 is 0 Å². The molecule has 0 aliphatic rings. The van der Waals surface area contributed by atoms with Crippen LogP contribution in [0.1, 0.15) is 17.3 Å². The smallest absolute Gasteiger partial charge is 0.271 e. The van der Waals surface area contributed by atoms with Gasteiger partial charge in [0.25, 0.3) is 5.91 Å². The van der Waals surface area contributed by atoms with Gasteiger partial charge in [-0.3, -0.25) is 9.59 Å². The monoisotopic (exact) mass is 340 g/mol.